The molecule has 0 spiro atoms. The number of methoxy groups -OCH3 is 1. The topological polar surface area (TPSA) is 52.1 Å². The van der Waals surface area contributed by atoms with Gasteiger partial charge in [0.2, 0.25) is 5.88 Å². The molecule has 0 fully saturated rings. The molecule has 0 atom stereocenters. The molecule has 4 nitrogen and oxygen atoms in total. The number of ketones is 1. The molecule has 6 heteroatoms. The fraction of sp³-hybridized carbons (Fsp3) is 0.154. The lowest BCUT2D eigenvalue weighted by molar-refractivity contribution is 0.0984. The second-order valence-electron chi connectivity index (χ2n) is 3.76. The molecule has 0 bridgehead atoms. The molecular weight excluding hydrogens is 254 g/mol. The van der Waals surface area contributed by atoms with E-state index < -0.39 is 23.8 Å². The minimum Gasteiger partial charge on any atom is -0.480 e. The van der Waals surface area contributed by atoms with E-state index in [1.807, 2.05) is 0 Å². The summed E-state index contributed by atoms with van der Waals surface area (Å²) >= 11 is 0. The van der Waals surface area contributed by atoms with Gasteiger partial charge in [0.25, 0.3) is 0 Å². The van der Waals surface area contributed by atoms with Crippen molar-refractivity contribution in [2.24, 2.45) is 0 Å². The zero-order chi connectivity index (χ0) is 13.8. The summed E-state index contributed by atoms with van der Waals surface area (Å²) in [5.41, 5.74) is -0.242. The van der Waals surface area contributed by atoms with Crippen LogP contribution in [0.1, 0.15) is 16.1 Å². The van der Waals surface area contributed by atoms with Crippen LogP contribution in [0.25, 0.3) is 0 Å². The fourth-order valence-corrected chi connectivity index (χ4v) is 1.53. The number of hydrogen-bond donors (Lipinski definition) is 0. The van der Waals surface area contributed by atoms with Crippen LogP contribution in [0.3, 0.4) is 0 Å². The summed E-state index contributed by atoms with van der Waals surface area (Å²) in [5, 5.41) is 7.26. The van der Waals surface area contributed by atoms with E-state index in [4.69, 9.17) is 4.74 Å². The number of carbonyl (C=O) groups is 1. The number of nitrogens with zero attached hydrogens (tertiary/aromatic N) is 2. The number of aromatic nitrogens is 2. The van der Waals surface area contributed by atoms with Crippen molar-refractivity contribution in [3.8, 4) is 5.88 Å². The van der Waals surface area contributed by atoms with Crippen LogP contribution < -0.4 is 4.74 Å². The first-order valence-corrected chi connectivity index (χ1v) is 5.45. The van der Waals surface area contributed by atoms with Crippen LogP contribution in [0.4, 0.5) is 8.78 Å². The first-order chi connectivity index (χ1) is 9.11. The van der Waals surface area contributed by atoms with E-state index in [0.29, 0.717) is 0 Å². The van der Waals surface area contributed by atoms with Crippen molar-refractivity contribution < 1.29 is 18.3 Å². The summed E-state index contributed by atoms with van der Waals surface area (Å²) in [7, 11) is 1.42. The summed E-state index contributed by atoms with van der Waals surface area (Å²) in [6, 6.07) is 6.30. The lowest BCUT2D eigenvalue weighted by atomic mass is 10.1. The highest BCUT2D eigenvalue weighted by Crippen LogP contribution is 2.15. The highest BCUT2D eigenvalue weighted by Gasteiger charge is 2.15. The number of halogens is 2. The van der Waals surface area contributed by atoms with Crippen LogP contribution in [-0.2, 0) is 6.42 Å². The van der Waals surface area contributed by atoms with Gasteiger partial charge in [-0.1, -0.05) is 6.07 Å². The maximum Gasteiger partial charge on any atom is 0.233 e. The van der Waals surface area contributed by atoms with Gasteiger partial charge in [0, 0.05) is 18.1 Å². The van der Waals surface area contributed by atoms with Crippen molar-refractivity contribution in [2.45, 2.75) is 6.42 Å². The average Bonchev–Trinajstić information content (AvgIpc) is 2.43. The zero-order valence-corrected chi connectivity index (χ0v) is 10.1. The smallest absolute Gasteiger partial charge is 0.233 e. The minimum absolute atomic E-state index is 0.0310. The van der Waals surface area contributed by atoms with Crippen LogP contribution in [0.2, 0.25) is 0 Å². The summed E-state index contributed by atoms with van der Waals surface area (Å²) in [6.07, 6.45) is -0.403. The van der Waals surface area contributed by atoms with Gasteiger partial charge in [0.1, 0.15) is 17.3 Å². The molecule has 0 amide bonds. The van der Waals surface area contributed by atoms with Crippen molar-refractivity contribution >= 4 is 5.78 Å². The zero-order valence-electron chi connectivity index (χ0n) is 10.1. The van der Waals surface area contributed by atoms with Gasteiger partial charge in [-0.2, -0.15) is 0 Å². The summed E-state index contributed by atoms with van der Waals surface area (Å²) in [6.45, 7) is 0. The van der Waals surface area contributed by atoms with Gasteiger partial charge < -0.3 is 4.74 Å². The summed E-state index contributed by atoms with van der Waals surface area (Å²) in [4.78, 5) is 11.8. The van der Waals surface area contributed by atoms with Gasteiger partial charge in [0.15, 0.2) is 5.78 Å². The molecule has 0 aliphatic carbocycles. The van der Waals surface area contributed by atoms with E-state index in [1.165, 1.54) is 25.3 Å². The Kier molecular flexibility index (Phi) is 3.79. The van der Waals surface area contributed by atoms with E-state index >= 15 is 0 Å². The molecular formula is C13H10F2N2O2. The highest BCUT2D eigenvalue weighted by molar-refractivity contribution is 5.95. The Bertz CT molecular complexity index is 580. The van der Waals surface area contributed by atoms with Gasteiger partial charge >= 0.3 is 0 Å². The number of ether oxygens (including phenoxy) is 1. The van der Waals surface area contributed by atoms with Gasteiger partial charge in [-0.3, -0.25) is 4.79 Å². The number of hydrogen-bond acceptors (Lipinski definition) is 4. The maximum absolute atomic E-state index is 13.4. The van der Waals surface area contributed by atoms with Gasteiger partial charge in [-0.25, -0.2) is 8.78 Å². The third kappa shape index (κ3) is 2.90. The first-order valence-electron chi connectivity index (χ1n) is 5.45. The average molecular weight is 264 g/mol. The van der Waals surface area contributed by atoms with Crippen LogP contribution in [0, 0.1) is 11.6 Å². The molecule has 2 aromatic rings. The molecule has 0 N–H and O–H groups in total. The number of benzene rings is 1. The molecule has 1 heterocycles. The van der Waals surface area contributed by atoms with E-state index in [1.54, 1.807) is 0 Å². The lowest BCUT2D eigenvalue weighted by Gasteiger charge is -2.04. The molecule has 2 rings (SSSR count). The van der Waals surface area contributed by atoms with Crippen LogP contribution in [-0.4, -0.2) is 23.1 Å². The molecule has 0 saturated carbocycles. The van der Waals surface area contributed by atoms with Crippen molar-refractivity contribution in [3.63, 3.8) is 0 Å². The van der Waals surface area contributed by atoms with E-state index in [0.717, 1.165) is 12.1 Å². The molecule has 1 aromatic carbocycles. The summed E-state index contributed by atoms with van der Waals surface area (Å²) < 4.78 is 31.6. The Morgan fingerprint density at radius 3 is 2.37 bits per heavy atom. The molecule has 0 unspecified atom stereocenters. The van der Waals surface area contributed by atoms with Gasteiger partial charge in [0.05, 0.1) is 7.11 Å². The van der Waals surface area contributed by atoms with Crippen LogP contribution in [0.5, 0.6) is 5.88 Å². The van der Waals surface area contributed by atoms with Crippen molar-refractivity contribution in [2.75, 3.05) is 7.11 Å². The third-order valence-corrected chi connectivity index (χ3v) is 2.53. The van der Waals surface area contributed by atoms with Crippen molar-refractivity contribution in [3.05, 3.63) is 53.2 Å². The second kappa shape index (κ2) is 5.51. The minimum atomic E-state index is -0.755. The van der Waals surface area contributed by atoms with Crippen LogP contribution in [0.15, 0.2) is 30.3 Å². The lowest BCUT2D eigenvalue weighted by Crippen LogP contribution is -2.10. The molecule has 19 heavy (non-hydrogen) atoms. The van der Waals surface area contributed by atoms with Crippen molar-refractivity contribution in [1.82, 2.24) is 10.2 Å². The normalized spacial score (nSPS) is 10.3. The Balaban J connectivity index is 2.20. The van der Waals surface area contributed by atoms with E-state index in [9.17, 15) is 13.6 Å². The fourth-order valence-electron chi connectivity index (χ4n) is 1.53. The number of Topliss-reactive ketones (excluding diaryl/α,β-unsaturated/α-hetero) is 1. The molecule has 0 saturated heterocycles. The van der Waals surface area contributed by atoms with E-state index in [-0.39, 0.29) is 17.1 Å². The van der Waals surface area contributed by atoms with Crippen LogP contribution >= 0.6 is 0 Å². The maximum atomic E-state index is 13.4. The Morgan fingerprint density at radius 2 is 1.84 bits per heavy atom. The second-order valence-corrected chi connectivity index (χ2v) is 3.76. The molecule has 0 aliphatic heterocycles. The predicted octanol–water partition coefficient (Wildman–Crippen LogP) is 2.19. The standard InChI is InChI=1S/C13H10F2N2O2/c1-19-13-6-5-11(16-17-13)12(18)7-8-9(14)3-2-4-10(8)15/h2-6H,7H2,1H3. The van der Waals surface area contributed by atoms with Gasteiger partial charge in [-0.05, 0) is 18.2 Å². The molecule has 1 aromatic heterocycles. The number of carbonyl (C=O) groups excluding carboxylic acids is 1. The molecule has 98 valence electrons. The Hall–Kier alpha value is -2.37. The Labute approximate surface area is 108 Å². The van der Waals surface area contributed by atoms with E-state index in [2.05, 4.69) is 10.2 Å². The summed E-state index contributed by atoms with van der Waals surface area (Å²) in [5.74, 6) is -1.77. The first kappa shape index (κ1) is 13.1. The monoisotopic (exact) mass is 264 g/mol. The Morgan fingerprint density at radius 1 is 1.16 bits per heavy atom. The van der Waals surface area contributed by atoms with Crippen molar-refractivity contribution in [1.29, 1.82) is 0 Å². The largest absolute Gasteiger partial charge is 0.480 e. The molecule has 0 aliphatic rings. The van der Waals surface area contributed by atoms with Gasteiger partial charge in [-0.15, -0.1) is 10.2 Å². The SMILES string of the molecule is COc1ccc(C(=O)Cc2c(F)cccc2F)nn1. The quantitative estimate of drug-likeness (QED) is 0.794. The number of rotatable bonds is 4. The third-order valence-electron chi connectivity index (χ3n) is 2.53. The highest BCUT2D eigenvalue weighted by atomic mass is 19.1. The molecule has 0 radical (unpaired) electrons. The predicted molar refractivity (Wildman–Crippen MR) is 63.0 cm³/mol.